The molecule has 1 aromatic rings. The maximum Gasteiger partial charge on any atom is 0.136 e. The normalized spacial score (nSPS) is 27.1. The second kappa shape index (κ2) is 5.58. The minimum Gasteiger partial charge on any atom is -0.383 e. The predicted octanol–water partition coefficient (Wildman–Crippen LogP) is 3.63. The highest BCUT2D eigenvalue weighted by Crippen LogP contribution is 2.39. The number of nitrogens with one attached hydrogen (secondary N) is 1. The molecule has 0 saturated heterocycles. The third-order valence-corrected chi connectivity index (χ3v) is 4.83. The molecule has 2 atom stereocenters. The molecule has 20 heavy (non-hydrogen) atoms. The topological polar surface area (TPSA) is 63.8 Å². The van der Waals surface area contributed by atoms with Crippen molar-refractivity contribution in [2.75, 3.05) is 11.1 Å². The van der Waals surface area contributed by atoms with Crippen LogP contribution in [0, 0.1) is 12.8 Å². The zero-order valence-corrected chi connectivity index (χ0v) is 12.7. The lowest BCUT2D eigenvalue weighted by Crippen LogP contribution is -2.27. The maximum atomic E-state index is 6.07. The third kappa shape index (κ3) is 2.89. The summed E-state index contributed by atoms with van der Waals surface area (Å²) in [5, 5.41) is 3.67. The van der Waals surface area contributed by atoms with Crippen LogP contribution in [0.5, 0.6) is 0 Å². The monoisotopic (exact) mass is 274 g/mol. The van der Waals surface area contributed by atoms with E-state index < -0.39 is 0 Å². The van der Waals surface area contributed by atoms with Gasteiger partial charge in [0.15, 0.2) is 0 Å². The zero-order valence-electron chi connectivity index (χ0n) is 12.7. The molecule has 110 valence electrons. The SMILES string of the molecule is Cc1c(N)nc(C2CC2)nc1NC1CCCCCC1C. The van der Waals surface area contributed by atoms with Gasteiger partial charge >= 0.3 is 0 Å². The summed E-state index contributed by atoms with van der Waals surface area (Å²) in [6.45, 7) is 4.38. The van der Waals surface area contributed by atoms with Gasteiger partial charge < -0.3 is 11.1 Å². The van der Waals surface area contributed by atoms with E-state index in [0.717, 1.165) is 17.2 Å². The first-order valence-electron chi connectivity index (χ1n) is 8.05. The standard InChI is InChI=1S/C16H26N4/c1-10-6-4-3-5-7-13(10)18-15-11(2)14(17)19-16(20-15)12-8-9-12/h10,12-13H,3-9H2,1-2H3,(H3,17,18,19,20). The number of hydrogen-bond acceptors (Lipinski definition) is 4. The number of nitrogen functional groups attached to an aromatic ring is 1. The molecule has 2 aliphatic rings. The first kappa shape index (κ1) is 13.7. The number of rotatable bonds is 3. The van der Waals surface area contributed by atoms with Crippen LogP contribution in [0.25, 0.3) is 0 Å². The maximum absolute atomic E-state index is 6.07. The van der Waals surface area contributed by atoms with Crippen molar-refractivity contribution in [2.24, 2.45) is 5.92 Å². The van der Waals surface area contributed by atoms with Crippen molar-refractivity contribution in [3.8, 4) is 0 Å². The van der Waals surface area contributed by atoms with E-state index in [4.69, 9.17) is 10.7 Å². The second-order valence-electron chi connectivity index (χ2n) is 6.58. The molecule has 3 rings (SSSR count). The lowest BCUT2D eigenvalue weighted by Gasteiger charge is -2.24. The molecule has 0 aliphatic heterocycles. The molecule has 1 aromatic heterocycles. The summed E-state index contributed by atoms with van der Waals surface area (Å²) in [6.07, 6.45) is 9.01. The Morgan fingerprint density at radius 3 is 2.55 bits per heavy atom. The molecule has 3 N–H and O–H groups in total. The van der Waals surface area contributed by atoms with Crippen molar-refractivity contribution in [3.05, 3.63) is 11.4 Å². The molecule has 0 amide bonds. The lowest BCUT2D eigenvalue weighted by molar-refractivity contribution is 0.455. The summed E-state index contributed by atoms with van der Waals surface area (Å²) < 4.78 is 0. The number of anilines is 2. The summed E-state index contributed by atoms with van der Waals surface area (Å²) in [7, 11) is 0. The van der Waals surface area contributed by atoms with Gasteiger partial charge in [-0.15, -0.1) is 0 Å². The van der Waals surface area contributed by atoms with Gasteiger partial charge in [0.05, 0.1) is 0 Å². The van der Waals surface area contributed by atoms with E-state index in [1.165, 1.54) is 44.9 Å². The highest BCUT2D eigenvalue weighted by molar-refractivity contribution is 5.55. The molecule has 4 heteroatoms. The Kier molecular flexibility index (Phi) is 3.81. The molecule has 1 heterocycles. The van der Waals surface area contributed by atoms with Crippen LogP contribution >= 0.6 is 0 Å². The first-order valence-corrected chi connectivity index (χ1v) is 8.05. The molecule has 0 radical (unpaired) electrons. The van der Waals surface area contributed by atoms with Gasteiger partial charge in [-0.3, -0.25) is 0 Å². The van der Waals surface area contributed by atoms with Crippen LogP contribution in [-0.2, 0) is 0 Å². The molecule has 0 aromatic carbocycles. The van der Waals surface area contributed by atoms with Crippen LogP contribution in [0.1, 0.15) is 69.2 Å². The van der Waals surface area contributed by atoms with E-state index >= 15 is 0 Å². The van der Waals surface area contributed by atoms with E-state index in [-0.39, 0.29) is 0 Å². The molecule has 2 saturated carbocycles. The molecule has 4 nitrogen and oxygen atoms in total. The predicted molar refractivity (Wildman–Crippen MR) is 82.8 cm³/mol. The molecular weight excluding hydrogens is 248 g/mol. The zero-order chi connectivity index (χ0) is 14.1. The van der Waals surface area contributed by atoms with Crippen molar-refractivity contribution in [1.82, 2.24) is 9.97 Å². The van der Waals surface area contributed by atoms with Crippen LogP contribution in [0.3, 0.4) is 0 Å². The Bertz CT molecular complexity index is 482. The fraction of sp³-hybridized carbons (Fsp3) is 0.750. The second-order valence-corrected chi connectivity index (χ2v) is 6.58. The van der Waals surface area contributed by atoms with Crippen LogP contribution in [0.4, 0.5) is 11.6 Å². The minimum atomic E-state index is 0.526. The molecule has 0 spiro atoms. The van der Waals surface area contributed by atoms with E-state index in [1.807, 2.05) is 6.92 Å². The third-order valence-electron chi connectivity index (χ3n) is 4.83. The van der Waals surface area contributed by atoms with E-state index in [0.29, 0.717) is 23.7 Å². The minimum absolute atomic E-state index is 0.526. The summed E-state index contributed by atoms with van der Waals surface area (Å²) in [6, 6.07) is 0.526. The molecule has 2 aliphatic carbocycles. The van der Waals surface area contributed by atoms with Crippen LogP contribution in [-0.4, -0.2) is 16.0 Å². The fourth-order valence-electron chi connectivity index (χ4n) is 3.10. The van der Waals surface area contributed by atoms with Crippen molar-refractivity contribution < 1.29 is 0 Å². The Morgan fingerprint density at radius 1 is 1.05 bits per heavy atom. The summed E-state index contributed by atoms with van der Waals surface area (Å²) in [4.78, 5) is 9.20. The van der Waals surface area contributed by atoms with Crippen LogP contribution in [0.2, 0.25) is 0 Å². The fourth-order valence-corrected chi connectivity index (χ4v) is 3.10. The van der Waals surface area contributed by atoms with Gasteiger partial charge in [0.25, 0.3) is 0 Å². The van der Waals surface area contributed by atoms with Gasteiger partial charge in [-0.25, -0.2) is 9.97 Å². The lowest BCUT2D eigenvalue weighted by atomic mass is 9.97. The average Bonchev–Trinajstić information content (AvgIpc) is 3.25. The smallest absolute Gasteiger partial charge is 0.136 e. The van der Waals surface area contributed by atoms with Gasteiger partial charge in [0.2, 0.25) is 0 Å². The van der Waals surface area contributed by atoms with Crippen molar-refractivity contribution in [1.29, 1.82) is 0 Å². The Labute approximate surface area is 121 Å². The number of nitrogens with zero attached hydrogens (tertiary/aromatic N) is 2. The van der Waals surface area contributed by atoms with Crippen molar-refractivity contribution in [3.63, 3.8) is 0 Å². The molecule has 2 unspecified atom stereocenters. The van der Waals surface area contributed by atoms with Crippen molar-refractivity contribution in [2.45, 2.75) is 70.8 Å². The van der Waals surface area contributed by atoms with Gasteiger partial charge in [0, 0.05) is 17.5 Å². The Balaban J connectivity index is 1.81. The van der Waals surface area contributed by atoms with Crippen LogP contribution in [0.15, 0.2) is 0 Å². The van der Waals surface area contributed by atoms with E-state index in [9.17, 15) is 0 Å². The first-order chi connectivity index (χ1) is 9.65. The molecule has 2 fully saturated rings. The largest absolute Gasteiger partial charge is 0.383 e. The Hall–Kier alpha value is -1.32. The highest BCUT2D eigenvalue weighted by atomic mass is 15.1. The van der Waals surface area contributed by atoms with Gasteiger partial charge in [0.1, 0.15) is 17.5 Å². The van der Waals surface area contributed by atoms with E-state index in [2.05, 4.69) is 17.2 Å². The van der Waals surface area contributed by atoms with Gasteiger partial charge in [-0.2, -0.15) is 0 Å². The quantitative estimate of drug-likeness (QED) is 0.826. The summed E-state index contributed by atoms with van der Waals surface area (Å²) >= 11 is 0. The average molecular weight is 274 g/mol. The summed E-state index contributed by atoms with van der Waals surface area (Å²) in [5.41, 5.74) is 7.07. The number of hydrogen-bond donors (Lipinski definition) is 2. The van der Waals surface area contributed by atoms with Crippen LogP contribution < -0.4 is 11.1 Å². The van der Waals surface area contributed by atoms with Gasteiger partial charge in [-0.05, 0) is 38.5 Å². The van der Waals surface area contributed by atoms with Gasteiger partial charge in [-0.1, -0.05) is 26.2 Å². The number of aromatic nitrogens is 2. The number of nitrogens with two attached hydrogens (primary N) is 1. The van der Waals surface area contributed by atoms with Crippen molar-refractivity contribution >= 4 is 11.6 Å². The highest BCUT2D eigenvalue weighted by Gasteiger charge is 2.28. The summed E-state index contributed by atoms with van der Waals surface area (Å²) in [5.74, 6) is 3.81. The Morgan fingerprint density at radius 2 is 1.80 bits per heavy atom. The van der Waals surface area contributed by atoms with E-state index in [1.54, 1.807) is 0 Å². The molecular formula is C16H26N4. The molecule has 0 bridgehead atoms.